The Morgan fingerprint density at radius 3 is 2.56 bits per heavy atom. The van der Waals surface area contributed by atoms with E-state index in [1.807, 2.05) is 0 Å². The van der Waals surface area contributed by atoms with Crippen LogP contribution >= 0.6 is 11.6 Å². The summed E-state index contributed by atoms with van der Waals surface area (Å²) in [7, 11) is 0. The van der Waals surface area contributed by atoms with Gasteiger partial charge in [-0.05, 0) is 0 Å². The van der Waals surface area contributed by atoms with Crippen molar-refractivity contribution in [2.45, 2.75) is 0 Å². The van der Waals surface area contributed by atoms with Gasteiger partial charge in [0.05, 0.1) is 9.95 Å². The Labute approximate surface area is 107 Å². The first-order valence-corrected chi connectivity index (χ1v) is 5.37. The number of nitrogens with zero attached hydrogens (tertiary/aromatic N) is 2. The van der Waals surface area contributed by atoms with Gasteiger partial charge in [0.15, 0.2) is 5.69 Å². The molecule has 0 amide bonds. The molecule has 0 saturated carbocycles. The SMILES string of the molecule is O=C(c1ccccc1)c1ncc(Cl)cc1[N+](=O)[O-]. The monoisotopic (exact) mass is 262 g/mol. The molecule has 6 heteroatoms. The third-order valence-electron chi connectivity index (χ3n) is 2.28. The van der Waals surface area contributed by atoms with Gasteiger partial charge in [-0.25, -0.2) is 4.98 Å². The zero-order valence-electron chi connectivity index (χ0n) is 9.04. The van der Waals surface area contributed by atoms with Crippen LogP contribution in [0.2, 0.25) is 5.02 Å². The molecule has 2 rings (SSSR count). The van der Waals surface area contributed by atoms with Crippen molar-refractivity contribution >= 4 is 23.1 Å². The first-order valence-electron chi connectivity index (χ1n) is 4.99. The van der Waals surface area contributed by atoms with Gasteiger partial charge in [-0.1, -0.05) is 41.9 Å². The fourth-order valence-corrected chi connectivity index (χ4v) is 1.62. The van der Waals surface area contributed by atoms with Crippen LogP contribution in [0.3, 0.4) is 0 Å². The average Bonchev–Trinajstić information content (AvgIpc) is 2.39. The highest BCUT2D eigenvalue weighted by molar-refractivity contribution is 6.30. The van der Waals surface area contributed by atoms with Gasteiger partial charge in [0.25, 0.3) is 5.69 Å². The number of hydrogen-bond donors (Lipinski definition) is 0. The molecule has 0 N–H and O–H groups in total. The summed E-state index contributed by atoms with van der Waals surface area (Å²) in [5, 5.41) is 11.0. The summed E-state index contributed by atoms with van der Waals surface area (Å²) >= 11 is 5.63. The maximum Gasteiger partial charge on any atom is 0.300 e. The van der Waals surface area contributed by atoms with E-state index in [-0.39, 0.29) is 10.7 Å². The highest BCUT2D eigenvalue weighted by atomic mass is 35.5. The van der Waals surface area contributed by atoms with E-state index in [1.54, 1.807) is 30.3 Å². The van der Waals surface area contributed by atoms with Crippen LogP contribution in [0.4, 0.5) is 5.69 Å². The minimum absolute atomic E-state index is 0.117. The number of aromatic nitrogens is 1. The van der Waals surface area contributed by atoms with Crippen molar-refractivity contribution in [2.24, 2.45) is 0 Å². The van der Waals surface area contributed by atoms with Crippen molar-refractivity contribution in [1.82, 2.24) is 4.98 Å². The van der Waals surface area contributed by atoms with Gasteiger partial charge in [-0.15, -0.1) is 0 Å². The maximum absolute atomic E-state index is 12.1. The first-order chi connectivity index (χ1) is 8.59. The summed E-state index contributed by atoms with van der Waals surface area (Å²) in [6.07, 6.45) is 1.21. The highest BCUT2D eigenvalue weighted by Crippen LogP contribution is 2.23. The molecule has 0 aliphatic rings. The molecular weight excluding hydrogens is 256 g/mol. The van der Waals surface area contributed by atoms with E-state index >= 15 is 0 Å². The number of benzene rings is 1. The normalized spacial score (nSPS) is 10.1. The van der Waals surface area contributed by atoms with Crippen LogP contribution in [0, 0.1) is 10.1 Å². The van der Waals surface area contributed by atoms with Crippen molar-refractivity contribution in [3.63, 3.8) is 0 Å². The average molecular weight is 263 g/mol. The summed E-state index contributed by atoms with van der Waals surface area (Å²) in [6, 6.07) is 9.36. The third-order valence-corrected chi connectivity index (χ3v) is 2.49. The molecule has 0 aliphatic carbocycles. The zero-order chi connectivity index (χ0) is 13.1. The standard InChI is InChI=1S/C12H7ClN2O3/c13-9-6-10(15(17)18)11(14-7-9)12(16)8-4-2-1-3-5-8/h1-7H. The number of ketones is 1. The molecule has 0 spiro atoms. The number of carbonyl (C=O) groups is 1. The summed E-state index contributed by atoms with van der Waals surface area (Å²) in [5.74, 6) is -0.501. The topological polar surface area (TPSA) is 73.1 Å². The number of nitro groups is 1. The largest absolute Gasteiger partial charge is 0.300 e. The Morgan fingerprint density at radius 2 is 1.94 bits per heavy atom. The molecule has 1 heterocycles. The summed E-state index contributed by atoms with van der Waals surface area (Å²) in [6.45, 7) is 0. The lowest BCUT2D eigenvalue weighted by Gasteiger charge is -2.01. The van der Waals surface area contributed by atoms with Crippen LogP contribution in [0.15, 0.2) is 42.6 Å². The molecular formula is C12H7ClN2O3. The summed E-state index contributed by atoms with van der Waals surface area (Å²) in [4.78, 5) is 26.0. The van der Waals surface area contributed by atoms with E-state index in [2.05, 4.69) is 4.98 Å². The Balaban J connectivity index is 2.52. The molecule has 0 aliphatic heterocycles. The van der Waals surface area contributed by atoms with Crippen LogP contribution < -0.4 is 0 Å². The number of carbonyl (C=O) groups excluding carboxylic acids is 1. The van der Waals surface area contributed by atoms with Gasteiger partial charge < -0.3 is 0 Å². The Morgan fingerprint density at radius 1 is 1.28 bits per heavy atom. The van der Waals surface area contributed by atoms with Crippen LogP contribution in [0.5, 0.6) is 0 Å². The fraction of sp³-hybridized carbons (Fsp3) is 0. The first kappa shape index (κ1) is 12.2. The van der Waals surface area contributed by atoms with Crippen molar-refractivity contribution < 1.29 is 9.72 Å². The van der Waals surface area contributed by atoms with Crippen LogP contribution in [0.1, 0.15) is 16.1 Å². The van der Waals surface area contributed by atoms with E-state index in [0.717, 1.165) is 6.07 Å². The van der Waals surface area contributed by atoms with E-state index in [4.69, 9.17) is 11.6 Å². The maximum atomic E-state index is 12.1. The predicted octanol–water partition coefficient (Wildman–Crippen LogP) is 2.87. The molecule has 90 valence electrons. The Kier molecular flexibility index (Phi) is 3.34. The number of pyridine rings is 1. The summed E-state index contributed by atoms with van der Waals surface area (Å²) in [5.41, 5.74) is -0.262. The summed E-state index contributed by atoms with van der Waals surface area (Å²) < 4.78 is 0. The molecule has 0 bridgehead atoms. The number of rotatable bonds is 3. The van der Waals surface area contributed by atoms with E-state index in [1.165, 1.54) is 6.20 Å². The molecule has 2 aromatic rings. The van der Waals surface area contributed by atoms with Gasteiger partial charge in [0.2, 0.25) is 5.78 Å². The molecule has 5 nitrogen and oxygen atoms in total. The number of hydrogen-bond acceptors (Lipinski definition) is 4. The minimum Gasteiger partial charge on any atom is -0.287 e. The second-order valence-corrected chi connectivity index (χ2v) is 3.91. The second kappa shape index (κ2) is 4.93. The molecule has 0 fully saturated rings. The van der Waals surface area contributed by atoms with Crippen molar-refractivity contribution in [1.29, 1.82) is 0 Å². The third kappa shape index (κ3) is 2.36. The highest BCUT2D eigenvalue weighted by Gasteiger charge is 2.23. The van der Waals surface area contributed by atoms with Gasteiger partial charge in [-0.3, -0.25) is 14.9 Å². The Hall–Kier alpha value is -2.27. The van der Waals surface area contributed by atoms with E-state index in [9.17, 15) is 14.9 Å². The van der Waals surface area contributed by atoms with Crippen molar-refractivity contribution in [2.75, 3.05) is 0 Å². The molecule has 0 saturated heterocycles. The van der Waals surface area contributed by atoms with Crippen LogP contribution in [0.25, 0.3) is 0 Å². The van der Waals surface area contributed by atoms with E-state index in [0.29, 0.717) is 5.56 Å². The van der Waals surface area contributed by atoms with Crippen LogP contribution in [-0.4, -0.2) is 15.7 Å². The number of halogens is 1. The van der Waals surface area contributed by atoms with E-state index < -0.39 is 16.4 Å². The smallest absolute Gasteiger partial charge is 0.287 e. The lowest BCUT2D eigenvalue weighted by Crippen LogP contribution is -2.07. The van der Waals surface area contributed by atoms with Gasteiger partial charge in [0, 0.05) is 17.8 Å². The molecule has 0 atom stereocenters. The molecule has 1 aromatic carbocycles. The predicted molar refractivity (Wildman–Crippen MR) is 65.8 cm³/mol. The fourth-order valence-electron chi connectivity index (χ4n) is 1.47. The lowest BCUT2D eigenvalue weighted by molar-refractivity contribution is -0.385. The molecule has 18 heavy (non-hydrogen) atoms. The zero-order valence-corrected chi connectivity index (χ0v) is 9.79. The second-order valence-electron chi connectivity index (χ2n) is 3.47. The quantitative estimate of drug-likeness (QED) is 0.484. The minimum atomic E-state index is -0.672. The van der Waals surface area contributed by atoms with Crippen molar-refractivity contribution in [3.8, 4) is 0 Å². The van der Waals surface area contributed by atoms with Crippen LogP contribution in [-0.2, 0) is 0 Å². The van der Waals surface area contributed by atoms with Crippen molar-refractivity contribution in [3.05, 3.63) is 69.0 Å². The molecule has 0 radical (unpaired) electrons. The van der Waals surface area contributed by atoms with Gasteiger partial charge >= 0.3 is 0 Å². The Bertz CT molecular complexity index is 614. The van der Waals surface area contributed by atoms with Gasteiger partial charge in [0.1, 0.15) is 0 Å². The molecule has 1 aromatic heterocycles. The van der Waals surface area contributed by atoms with Gasteiger partial charge in [-0.2, -0.15) is 0 Å². The lowest BCUT2D eigenvalue weighted by atomic mass is 10.1. The molecule has 0 unspecified atom stereocenters.